The molecular formula is C26H28F3N5O7S2. The Bertz CT molecular complexity index is 1820. The van der Waals surface area contributed by atoms with Crippen molar-refractivity contribution in [3.8, 4) is 11.5 Å². The molecule has 0 spiro atoms. The zero-order valence-corrected chi connectivity index (χ0v) is 24.7. The van der Waals surface area contributed by atoms with Crippen molar-refractivity contribution < 1.29 is 44.1 Å². The average molecular weight is 644 g/mol. The van der Waals surface area contributed by atoms with Gasteiger partial charge in [-0.25, -0.2) is 18.4 Å². The summed E-state index contributed by atoms with van der Waals surface area (Å²) in [5.41, 5.74) is 1.88. The number of halogens is 3. The summed E-state index contributed by atoms with van der Waals surface area (Å²) in [7, 11) is -7.09. The quantitative estimate of drug-likeness (QED) is 0.227. The van der Waals surface area contributed by atoms with Crippen molar-refractivity contribution in [2.75, 3.05) is 30.1 Å². The van der Waals surface area contributed by atoms with E-state index in [4.69, 9.17) is 9.29 Å². The number of ether oxygens (including phenoxy) is 1. The minimum Gasteiger partial charge on any atom is -0.457 e. The van der Waals surface area contributed by atoms with Gasteiger partial charge in [-0.3, -0.25) is 9.35 Å². The molecule has 4 rings (SSSR count). The maximum absolute atomic E-state index is 13.0. The number of carbonyl (C=O) groups is 1. The Labute approximate surface area is 245 Å². The molecule has 0 saturated carbocycles. The summed E-state index contributed by atoms with van der Waals surface area (Å²) >= 11 is 0. The minimum atomic E-state index is -4.47. The number of alkyl halides is 3. The van der Waals surface area contributed by atoms with Crippen molar-refractivity contribution >= 4 is 48.4 Å². The molecule has 0 bridgehead atoms. The van der Waals surface area contributed by atoms with Gasteiger partial charge >= 0.3 is 6.18 Å². The summed E-state index contributed by atoms with van der Waals surface area (Å²) in [4.78, 5) is 20.4. The molecule has 17 heteroatoms. The van der Waals surface area contributed by atoms with Gasteiger partial charge < -0.3 is 19.9 Å². The van der Waals surface area contributed by atoms with Gasteiger partial charge in [0.25, 0.3) is 10.1 Å². The van der Waals surface area contributed by atoms with Crippen LogP contribution in [0.3, 0.4) is 0 Å². The van der Waals surface area contributed by atoms with Gasteiger partial charge in [0, 0.05) is 31.2 Å². The van der Waals surface area contributed by atoms with Crippen LogP contribution in [0.1, 0.15) is 11.1 Å². The van der Waals surface area contributed by atoms with Gasteiger partial charge in [-0.1, -0.05) is 6.07 Å². The molecule has 232 valence electrons. The van der Waals surface area contributed by atoms with E-state index < -0.39 is 43.4 Å². The van der Waals surface area contributed by atoms with Crippen molar-refractivity contribution in [1.82, 2.24) is 19.9 Å². The van der Waals surface area contributed by atoms with Crippen LogP contribution in [-0.2, 0) is 37.5 Å². The van der Waals surface area contributed by atoms with Crippen LogP contribution in [0, 0.1) is 6.92 Å². The Kier molecular flexibility index (Phi) is 10.4. The molecule has 12 nitrogen and oxygen atoms in total. The van der Waals surface area contributed by atoms with E-state index in [9.17, 15) is 34.8 Å². The van der Waals surface area contributed by atoms with E-state index in [0.717, 1.165) is 18.4 Å². The van der Waals surface area contributed by atoms with Crippen LogP contribution in [-0.4, -0.2) is 66.6 Å². The molecule has 3 N–H and O–H groups in total. The first-order valence-corrected chi connectivity index (χ1v) is 16.2. The fourth-order valence-corrected chi connectivity index (χ4v) is 4.33. The molecule has 0 unspecified atom stereocenters. The number of rotatable bonds is 9. The number of hydrogen-bond acceptors (Lipinski definition) is 9. The minimum absolute atomic E-state index is 0.0718. The molecule has 4 aromatic rings. The predicted octanol–water partition coefficient (Wildman–Crippen LogP) is 3.96. The van der Waals surface area contributed by atoms with Crippen molar-refractivity contribution in [3.05, 3.63) is 72.2 Å². The number of hydrogen-bond donors (Lipinski definition) is 3. The van der Waals surface area contributed by atoms with Crippen LogP contribution >= 0.6 is 0 Å². The molecule has 2 aromatic heterocycles. The van der Waals surface area contributed by atoms with Crippen LogP contribution in [0.25, 0.3) is 11.0 Å². The second-order valence-corrected chi connectivity index (χ2v) is 13.0. The third-order valence-electron chi connectivity index (χ3n) is 5.45. The highest BCUT2D eigenvalue weighted by Gasteiger charge is 2.30. The van der Waals surface area contributed by atoms with E-state index >= 15 is 0 Å². The lowest BCUT2D eigenvalue weighted by Crippen LogP contribution is -2.32. The SMILES string of the molecule is CS(=O)(=O)O.Cc1cc(Nc2ncnc3ccn(CCNC(=O)CS(C)(=O)=O)c23)ccc1Oc1cccc(C(F)(F)F)c1. The van der Waals surface area contributed by atoms with E-state index in [0.29, 0.717) is 46.7 Å². The van der Waals surface area contributed by atoms with Gasteiger partial charge in [-0.05, 0) is 55.0 Å². The number of nitrogens with zero attached hydrogens (tertiary/aromatic N) is 3. The van der Waals surface area contributed by atoms with Gasteiger partial charge in [0.05, 0.1) is 17.3 Å². The third kappa shape index (κ3) is 10.8. The van der Waals surface area contributed by atoms with Gasteiger partial charge in [0.2, 0.25) is 5.91 Å². The van der Waals surface area contributed by atoms with Crippen molar-refractivity contribution in [1.29, 1.82) is 0 Å². The number of anilines is 2. The van der Waals surface area contributed by atoms with Gasteiger partial charge in [-0.2, -0.15) is 21.6 Å². The van der Waals surface area contributed by atoms with Crippen molar-refractivity contribution in [2.24, 2.45) is 0 Å². The number of sulfone groups is 1. The summed E-state index contributed by atoms with van der Waals surface area (Å²) in [6.07, 6.45) is 0.426. The number of aryl methyl sites for hydroxylation is 1. The van der Waals surface area contributed by atoms with Crippen LogP contribution < -0.4 is 15.4 Å². The molecule has 0 radical (unpaired) electrons. The van der Waals surface area contributed by atoms with E-state index in [1.165, 1.54) is 18.5 Å². The lowest BCUT2D eigenvalue weighted by atomic mass is 10.2. The van der Waals surface area contributed by atoms with E-state index in [1.807, 2.05) is 4.57 Å². The highest BCUT2D eigenvalue weighted by Crippen LogP contribution is 2.34. The van der Waals surface area contributed by atoms with Gasteiger partial charge in [-0.15, -0.1) is 0 Å². The normalized spacial score (nSPS) is 11.9. The second-order valence-electron chi connectivity index (χ2n) is 9.35. The summed E-state index contributed by atoms with van der Waals surface area (Å²) in [5, 5.41) is 5.80. The molecule has 0 saturated heterocycles. The topological polar surface area (TPSA) is 170 Å². The Morgan fingerprint density at radius 3 is 2.37 bits per heavy atom. The summed E-state index contributed by atoms with van der Waals surface area (Å²) in [6, 6.07) is 11.6. The molecule has 2 aromatic carbocycles. The maximum Gasteiger partial charge on any atom is 0.416 e. The fraction of sp³-hybridized carbons (Fsp3) is 0.269. The molecule has 0 atom stereocenters. The fourth-order valence-electron chi connectivity index (χ4n) is 3.76. The predicted molar refractivity (Wildman–Crippen MR) is 154 cm³/mol. The van der Waals surface area contributed by atoms with Crippen molar-refractivity contribution in [2.45, 2.75) is 19.6 Å². The lowest BCUT2D eigenvalue weighted by molar-refractivity contribution is -0.137. The molecule has 43 heavy (non-hydrogen) atoms. The molecule has 2 heterocycles. The smallest absolute Gasteiger partial charge is 0.416 e. The first-order chi connectivity index (χ1) is 19.9. The first kappa shape index (κ1) is 33.3. The molecule has 0 aliphatic heterocycles. The lowest BCUT2D eigenvalue weighted by Gasteiger charge is -2.14. The zero-order valence-electron chi connectivity index (χ0n) is 23.1. The number of benzene rings is 2. The Morgan fingerprint density at radius 2 is 1.74 bits per heavy atom. The number of amides is 1. The number of carbonyl (C=O) groups excluding carboxylic acids is 1. The average Bonchev–Trinajstić information content (AvgIpc) is 3.27. The van der Waals surface area contributed by atoms with Gasteiger partial charge in [0.15, 0.2) is 15.7 Å². The zero-order chi connectivity index (χ0) is 32.0. The molecule has 0 fully saturated rings. The van der Waals surface area contributed by atoms with E-state index in [-0.39, 0.29) is 12.3 Å². The largest absolute Gasteiger partial charge is 0.457 e. The molecule has 1 amide bonds. The van der Waals surface area contributed by atoms with Crippen LogP contribution in [0.5, 0.6) is 11.5 Å². The molecular weight excluding hydrogens is 615 g/mol. The summed E-state index contributed by atoms with van der Waals surface area (Å²) < 4.78 is 95.0. The van der Waals surface area contributed by atoms with E-state index in [2.05, 4.69) is 20.6 Å². The highest BCUT2D eigenvalue weighted by molar-refractivity contribution is 7.91. The molecule has 0 aliphatic carbocycles. The van der Waals surface area contributed by atoms with Crippen LogP contribution in [0.4, 0.5) is 24.7 Å². The van der Waals surface area contributed by atoms with Crippen LogP contribution in [0.2, 0.25) is 0 Å². The Balaban J connectivity index is 0.000000934. The Morgan fingerprint density at radius 1 is 1.05 bits per heavy atom. The standard InChI is InChI=1S/C25H24F3N5O4S.CH4O3S/c1-16-12-18(6-7-21(16)37-19-5-3-4-17(13-19)25(26,27)28)32-24-23-20(30-15-31-24)8-10-33(23)11-9-29-22(34)14-38(2,35)36;1-5(2,3)4/h3-8,10,12-13,15H,9,11,14H2,1-2H3,(H,29,34)(H,30,31,32);1H3,(H,2,3,4). The third-order valence-corrected chi connectivity index (χ3v) is 6.23. The summed E-state index contributed by atoms with van der Waals surface area (Å²) in [5.74, 6) is -0.198. The van der Waals surface area contributed by atoms with E-state index in [1.54, 1.807) is 37.4 Å². The monoisotopic (exact) mass is 643 g/mol. The second kappa shape index (κ2) is 13.4. The first-order valence-electron chi connectivity index (χ1n) is 12.3. The van der Waals surface area contributed by atoms with Crippen LogP contribution in [0.15, 0.2) is 61.1 Å². The van der Waals surface area contributed by atoms with Crippen molar-refractivity contribution in [3.63, 3.8) is 0 Å². The molecule has 0 aliphatic rings. The maximum atomic E-state index is 13.0. The number of aromatic nitrogens is 3. The number of nitrogens with one attached hydrogen (secondary N) is 2. The number of fused-ring (bicyclic) bond motifs is 1. The highest BCUT2D eigenvalue weighted by atomic mass is 32.2. The summed E-state index contributed by atoms with van der Waals surface area (Å²) in [6.45, 7) is 2.32. The Hall–Kier alpha value is -4.22. The van der Waals surface area contributed by atoms with Gasteiger partial charge in [0.1, 0.15) is 29.1 Å².